The van der Waals surface area contributed by atoms with Crippen LogP contribution in [0.3, 0.4) is 0 Å². The molecule has 0 saturated carbocycles. The van der Waals surface area contributed by atoms with Gasteiger partial charge in [-0.3, -0.25) is 14.4 Å². The number of nitrogens with zero attached hydrogens (tertiary/aromatic N) is 2. The minimum Gasteiger partial charge on any atom is -0.488 e. The van der Waals surface area contributed by atoms with Crippen LogP contribution in [0.1, 0.15) is 35.4 Å². The molecule has 0 aliphatic carbocycles. The van der Waals surface area contributed by atoms with Crippen LogP contribution in [-0.4, -0.2) is 66.9 Å². The number of halogens is 1. The van der Waals surface area contributed by atoms with Crippen LogP contribution in [-0.2, 0) is 9.59 Å². The molecule has 1 spiro atoms. The van der Waals surface area contributed by atoms with E-state index in [2.05, 4.69) is 5.32 Å². The highest BCUT2D eigenvalue weighted by Gasteiger charge is 2.43. The zero-order valence-electron chi connectivity index (χ0n) is 18.7. The second-order valence-corrected chi connectivity index (χ2v) is 9.59. The normalized spacial score (nSPS) is 18.8. The van der Waals surface area contributed by atoms with Gasteiger partial charge in [-0.2, -0.15) is 0 Å². The first kappa shape index (κ1) is 22.5. The molecule has 3 amide bonds. The van der Waals surface area contributed by atoms with Crippen molar-refractivity contribution in [3.63, 3.8) is 0 Å². The van der Waals surface area contributed by atoms with E-state index in [1.54, 1.807) is 29.2 Å². The molecule has 2 fully saturated rings. The Hall–Kier alpha value is -3.26. The molecule has 34 heavy (non-hydrogen) atoms. The molecule has 0 radical (unpaired) electrons. The van der Waals surface area contributed by atoms with E-state index in [0.717, 1.165) is 30.6 Å². The molecule has 5 rings (SSSR count). The lowest BCUT2D eigenvalue weighted by Crippen LogP contribution is -2.47. The van der Waals surface area contributed by atoms with Gasteiger partial charge in [0.2, 0.25) is 5.91 Å². The summed E-state index contributed by atoms with van der Waals surface area (Å²) in [6.45, 7) is 2.82. The zero-order valence-corrected chi connectivity index (χ0v) is 19.5. The zero-order chi connectivity index (χ0) is 23.7. The fourth-order valence-electron chi connectivity index (χ4n) is 4.98. The van der Waals surface area contributed by atoms with Crippen molar-refractivity contribution >= 4 is 35.4 Å². The number of hydrogen-bond acceptors (Lipinski definition) is 5. The van der Waals surface area contributed by atoms with Crippen LogP contribution >= 0.6 is 11.6 Å². The molecule has 3 aliphatic heterocycles. The molecular weight excluding hydrogens is 458 g/mol. The molecule has 2 saturated heterocycles. The lowest BCUT2D eigenvalue weighted by atomic mass is 9.78. The van der Waals surface area contributed by atoms with Crippen LogP contribution in [0.15, 0.2) is 46.6 Å². The highest BCUT2D eigenvalue weighted by Crippen LogP contribution is 2.41. The van der Waals surface area contributed by atoms with Gasteiger partial charge >= 0.3 is 0 Å². The third kappa shape index (κ3) is 4.55. The number of rotatable bonds is 4. The first-order valence-corrected chi connectivity index (χ1v) is 11.8. The van der Waals surface area contributed by atoms with Gasteiger partial charge in [0.1, 0.15) is 12.4 Å². The van der Waals surface area contributed by atoms with Gasteiger partial charge in [0, 0.05) is 36.8 Å². The molecule has 3 aliphatic rings. The van der Waals surface area contributed by atoms with E-state index in [0.29, 0.717) is 36.8 Å². The largest absolute Gasteiger partial charge is 0.488 e. The minimum absolute atomic E-state index is 0.00152. The maximum Gasteiger partial charge on any atom is 0.287 e. The number of amides is 3. The SMILES string of the molecule is O=C(NCC(=O)N1CCC2(CC1)CCN(C(=O)C1=Cc3cc(Cl)ccc3OC1)C2)c1ccco1. The fourth-order valence-corrected chi connectivity index (χ4v) is 5.17. The number of piperidine rings is 1. The highest BCUT2D eigenvalue weighted by molar-refractivity contribution is 6.30. The number of fused-ring (bicyclic) bond motifs is 1. The maximum atomic E-state index is 13.2. The molecule has 1 N–H and O–H groups in total. The minimum atomic E-state index is -0.400. The lowest BCUT2D eigenvalue weighted by molar-refractivity contribution is -0.133. The Morgan fingerprint density at radius 1 is 1.06 bits per heavy atom. The summed E-state index contributed by atoms with van der Waals surface area (Å²) >= 11 is 6.09. The highest BCUT2D eigenvalue weighted by atomic mass is 35.5. The quantitative estimate of drug-likeness (QED) is 0.721. The van der Waals surface area contributed by atoms with Gasteiger partial charge < -0.3 is 24.3 Å². The van der Waals surface area contributed by atoms with Crippen LogP contribution in [0.25, 0.3) is 6.08 Å². The van der Waals surface area contributed by atoms with Crippen molar-refractivity contribution in [2.24, 2.45) is 5.41 Å². The van der Waals surface area contributed by atoms with Crippen molar-refractivity contribution in [1.29, 1.82) is 0 Å². The average Bonchev–Trinajstić information content (AvgIpc) is 3.53. The molecule has 0 unspecified atom stereocenters. The van der Waals surface area contributed by atoms with Gasteiger partial charge in [0.25, 0.3) is 11.8 Å². The molecule has 9 heteroatoms. The summed E-state index contributed by atoms with van der Waals surface area (Å²) in [7, 11) is 0. The Morgan fingerprint density at radius 3 is 2.56 bits per heavy atom. The first-order chi connectivity index (χ1) is 16.4. The molecule has 0 bridgehead atoms. The summed E-state index contributed by atoms with van der Waals surface area (Å²) in [5.41, 5.74) is 1.48. The van der Waals surface area contributed by atoms with Gasteiger partial charge in [0.15, 0.2) is 5.76 Å². The van der Waals surface area contributed by atoms with Crippen LogP contribution in [0, 0.1) is 5.41 Å². The topological polar surface area (TPSA) is 92.1 Å². The smallest absolute Gasteiger partial charge is 0.287 e. The number of benzene rings is 1. The summed E-state index contributed by atoms with van der Waals surface area (Å²) in [6.07, 6.45) is 5.89. The van der Waals surface area contributed by atoms with Crippen LogP contribution < -0.4 is 10.1 Å². The van der Waals surface area contributed by atoms with Crippen LogP contribution in [0.4, 0.5) is 0 Å². The van der Waals surface area contributed by atoms with Crippen molar-refractivity contribution < 1.29 is 23.5 Å². The Balaban J connectivity index is 1.14. The molecule has 4 heterocycles. The number of ether oxygens (including phenoxy) is 1. The lowest BCUT2D eigenvalue weighted by Gasteiger charge is -2.39. The van der Waals surface area contributed by atoms with Crippen molar-refractivity contribution in [1.82, 2.24) is 15.1 Å². The molecule has 2 aromatic rings. The summed E-state index contributed by atoms with van der Waals surface area (Å²) in [5.74, 6) is 0.411. The fraction of sp³-hybridized carbons (Fsp3) is 0.400. The number of likely N-dealkylation sites (tertiary alicyclic amines) is 2. The van der Waals surface area contributed by atoms with Crippen molar-refractivity contribution in [3.8, 4) is 5.75 Å². The van der Waals surface area contributed by atoms with E-state index in [-0.39, 0.29) is 36.1 Å². The third-order valence-electron chi connectivity index (χ3n) is 7.01. The van der Waals surface area contributed by atoms with E-state index in [1.807, 2.05) is 17.0 Å². The number of carbonyl (C=O) groups is 3. The molecule has 1 aromatic heterocycles. The summed E-state index contributed by atoms with van der Waals surface area (Å²) in [5, 5.41) is 3.21. The predicted octanol–water partition coefficient (Wildman–Crippen LogP) is 2.98. The summed E-state index contributed by atoms with van der Waals surface area (Å²) in [6, 6.07) is 8.58. The van der Waals surface area contributed by atoms with Crippen molar-refractivity contribution in [2.75, 3.05) is 39.3 Å². The van der Waals surface area contributed by atoms with Gasteiger partial charge in [-0.05, 0) is 61.1 Å². The molecule has 0 atom stereocenters. The number of carbonyl (C=O) groups excluding carboxylic acids is 3. The van der Waals surface area contributed by atoms with Gasteiger partial charge in [-0.15, -0.1) is 0 Å². The van der Waals surface area contributed by atoms with E-state index < -0.39 is 5.91 Å². The van der Waals surface area contributed by atoms with E-state index in [1.165, 1.54) is 6.26 Å². The predicted molar refractivity (Wildman–Crippen MR) is 125 cm³/mol. The third-order valence-corrected chi connectivity index (χ3v) is 7.24. The van der Waals surface area contributed by atoms with Crippen molar-refractivity contribution in [3.05, 3.63) is 58.5 Å². The number of nitrogens with one attached hydrogen (secondary N) is 1. The Morgan fingerprint density at radius 2 is 1.82 bits per heavy atom. The molecule has 1 aromatic carbocycles. The maximum absolute atomic E-state index is 13.2. The van der Waals surface area contributed by atoms with E-state index in [9.17, 15) is 14.4 Å². The Kier molecular flexibility index (Phi) is 6.08. The number of hydrogen-bond donors (Lipinski definition) is 1. The number of furan rings is 1. The van der Waals surface area contributed by atoms with E-state index >= 15 is 0 Å². The van der Waals surface area contributed by atoms with Gasteiger partial charge in [-0.25, -0.2) is 0 Å². The van der Waals surface area contributed by atoms with Crippen molar-refractivity contribution in [2.45, 2.75) is 19.3 Å². The monoisotopic (exact) mass is 483 g/mol. The van der Waals surface area contributed by atoms with Gasteiger partial charge in [0.05, 0.1) is 18.4 Å². The van der Waals surface area contributed by atoms with Crippen LogP contribution in [0.2, 0.25) is 5.02 Å². The van der Waals surface area contributed by atoms with Crippen LogP contribution in [0.5, 0.6) is 5.75 Å². The molecule has 8 nitrogen and oxygen atoms in total. The van der Waals surface area contributed by atoms with E-state index in [4.69, 9.17) is 20.8 Å². The second kappa shape index (κ2) is 9.18. The average molecular weight is 484 g/mol. The Bertz CT molecular complexity index is 1140. The molecule has 178 valence electrons. The first-order valence-electron chi connectivity index (χ1n) is 11.4. The summed E-state index contributed by atoms with van der Waals surface area (Å²) in [4.78, 5) is 41.4. The van der Waals surface area contributed by atoms with Gasteiger partial charge in [-0.1, -0.05) is 11.6 Å². The summed E-state index contributed by atoms with van der Waals surface area (Å²) < 4.78 is 10.8. The Labute approximate surface area is 202 Å². The standard InChI is InChI=1S/C25H26ClN3O5/c26-19-3-4-20-17(13-19)12-18(15-34-20)24(32)29-10-7-25(16-29)5-8-28(9-6-25)22(30)14-27-23(31)21-2-1-11-33-21/h1-4,11-13H,5-10,14-16H2,(H,27,31). The molecular formula is C25H26ClN3O5. The second-order valence-electron chi connectivity index (χ2n) is 9.16.